The molecule has 1 saturated heterocycles. The summed E-state index contributed by atoms with van der Waals surface area (Å²) in [6.07, 6.45) is 2.07. The van der Waals surface area contributed by atoms with Crippen LogP contribution in [0.1, 0.15) is 19.3 Å². The lowest BCUT2D eigenvalue weighted by Gasteiger charge is -2.12. The Balaban J connectivity index is 2.24. The first-order valence-electron chi connectivity index (χ1n) is 5.71. The van der Waals surface area contributed by atoms with Crippen LogP contribution in [0.4, 0.5) is 0 Å². The van der Waals surface area contributed by atoms with E-state index in [0.29, 0.717) is 13.0 Å². The predicted octanol–water partition coefficient (Wildman–Crippen LogP) is -0.825. The molecule has 0 radical (unpaired) electrons. The number of nitrogens with two attached hydrogens (primary N) is 2. The van der Waals surface area contributed by atoms with Crippen LogP contribution in [-0.4, -0.2) is 42.2 Å². The van der Waals surface area contributed by atoms with E-state index in [-0.39, 0.29) is 0 Å². The summed E-state index contributed by atoms with van der Waals surface area (Å²) in [5, 5.41) is 2.50. The number of carbonyl (C=O) groups excluding carboxylic acids is 2. The highest BCUT2D eigenvalue weighted by Gasteiger charge is 2.28. The molecule has 98 valence electrons. The van der Waals surface area contributed by atoms with Gasteiger partial charge in [-0.25, -0.2) is 9.59 Å². The lowest BCUT2D eigenvalue weighted by molar-refractivity contribution is -0.160. The molecule has 1 fully saturated rings. The fraction of sp³-hybridized carbons (Fsp3) is 0.800. The van der Waals surface area contributed by atoms with Gasteiger partial charge in [0.05, 0.1) is 0 Å². The fourth-order valence-electron chi connectivity index (χ4n) is 1.43. The highest BCUT2D eigenvalue weighted by molar-refractivity contribution is 8.00. The summed E-state index contributed by atoms with van der Waals surface area (Å²) in [5.74, 6) is -0.357. The van der Waals surface area contributed by atoms with E-state index in [9.17, 15) is 9.59 Å². The zero-order valence-corrected chi connectivity index (χ0v) is 10.5. The molecule has 6 nitrogen and oxygen atoms in total. The van der Waals surface area contributed by atoms with Gasteiger partial charge in [0.15, 0.2) is 5.37 Å². The number of rotatable bonds is 6. The maximum Gasteiger partial charge on any atom is 0.341 e. The monoisotopic (exact) mass is 261 g/mol. The summed E-state index contributed by atoms with van der Waals surface area (Å²) in [7, 11) is 0. The molecule has 0 aromatic heterocycles. The smallest absolute Gasteiger partial charge is 0.341 e. The SMILES string of the molecule is NCCCC[C@H](N)C(=O)OC(=O)C1NCCS1. The second-order valence-corrected chi connectivity index (χ2v) is 5.05. The molecule has 1 rings (SSSR count). The average molecular weight is 261 g/mol. The molecule has 0 aliphatic carbocycles. The van der Waals surface area contributed by atoms with Crippen molar-refractivity contribution in [2.45, 2.75) is 30.7 Å². The van der Waals surface area contributed by atoms with Crippen molar-refractivity contribution in [3.8, 4) is 0 Å². The summed E-state index contributed by atoms with van der Waals surface area (Å²) < 4.78 is 4.71. The average Bonchev–Trinajstić information content (AvgIpc) is 2.82. The number of esters is 2. The first-order valence-corrected chi connectivity index (χ1v) is 6.76. The summed E-state index contributed by atoms with van der Waals surface area (Å²) >= 11 is 1.43. The van der Waals surface area contributed by atoms with E-state index >= 15 is 0 Å². The maximum atomic E-state index is 11.5. The molecular weight excluding hydrogens is 242 g/mol. The third kappa shape index (κ3) is 5.03. The maximum absolute atomic E-state index is 11.5. The highest BCUT2D eigenvalue weighted by Crippen LogP contribution is 2.15. The molecular formula is C10H19N3O3S. The number of unbranched alkanes of at least 4 members (excludes halogenated alkanes) is 1. The molecule has 0 saturated carbocycles. The molecule has 1 unspecified atom stereocenters. The summed E-state index contributed by atoms with van der Waals surface area (Å²) in [6, 6.07) is -0.739. The number of nitrogens with one attached hydrogen (secondary N) is 1. The Morgan fingerprint density at radius 3 is 2.82 bits per heavy atom. The summed E-state index contributed by atoms with van der Waals surface area (Å²) in [6.45, 7) is 1.32. The summed E-state index contributed by atoms with van der Waals surface area (Å²) in [4.78, 5) is 23.0. The zero-order chi connectivity index (χ0) is 12.7. The Morgan fingerprint density at radius 2 is 2.24 bits per heavy atom. The van der Waals surface area contributed by atoms with E-state index in [0.717, 1.165) is 25.1 Å². The molecule has 0 amide bonds. The van der Waals surface area contributed by atoms with Gasteiger partial charge in [-0.2, -0.15) is 0 Å². The summed E-state index contributed by atoms with van der Waals surface area (Å²) in [5.41, 5.74) is 10.9. The van der Waals surface area contributed by atoms with Crippen molar-refractivity contribution < 1.29 is 14.3 Å². The van der Waals surface area contributed by atoms with Crippen molar-refractivity contribution in [3.05, 3.63) is 0 Å². The lowest BCUT2D eigenvalue weighted by Crippen LogP contribution is -2.38. The minimum absolute atomic E-state index is 0.435. The van der Waals surface area contributed by atoms with Crippen LogP contribution in [0.2, 0.25) is 0 Å². The van der Waals surface area contributed by atoms with Crippen LogP contribution in [0, 0.1) is 0 Å². The van der Waals surface area contributed by atoms with Gasteiger partial charge in [-0.05, 0) is 19.4 Å². The molecule has 1 aliphatic rings. The minimum atomic E-state index is -0.739. The van der Waals surface area contributed by atoms with Gasteiger partial charge in [-0.3, -0.25) is 5.32 Å². The van der Waals surface area contributed by atoms with Gasteiger partial charge in [0.1, 0.15) is 6.04 Å². The van der Waals surface area contributed by atoms with Crippen LogP contribution in [0.3, 0.4) is 0 Å². The van der Waals surface area contributed by atoms with Crippen LogP contribution in [0.5, 0.6) is 0 Å². The van der Waals surface area contributed by atoms with Crippen molar-refractivity contribution >= 4 is 23.7 Å². The molecule has 5 N–H and O–H groups in total. The molecule has 1 aliphatic heterocycles. The standard InChI is InChI=1S/C10H19N3O3S/c11-4-2-1-3-7(12)9(14)16-10(15)8-13-5-6-17-8/h7-8,13H,1-6,11-12H2/t7-,8?/m0/s1. The van der Waals surface area contributed by atoms with Gasteiger partial charge >= 0.3 is 11.9 Å². The van der Waals surface area contributed by atoms with Gasteiger partial charge < -0.3 is 16.2 Å². The highest BCUT2D eigenvalue weighted by atomic mass is 32.2. The van der Waals surface area contributed by atoms with E-state index in [1.54, 1.807) is 0 Å². The Kier molecular flexibility index (Phi) is 6.49. The van der Waals surface area contributed by atoms with Gasteiger partial charge in [0, 0.05) is 12.3 Å². The van der Waals surface area contributed by atoms with Gasteiger partial charge in [-0.1, -0.05) is 6.42 Å². The van der Waals surface area contributed by atoms with Crippen molar-refractivity contribution in [1.82, 2.24) is 5.32 Å². The molecule has 0 bridgehead atoms. The Labute approximate surface area is 105 Å². The molecule has 0 aromatic rings. The van der Waals surface area contributed by atoms with E-state index in [1.807, 2.05) is 0 Å². The van der Waals surface area contributed by atoms with Crippen LogP contribution in [-0.2, 0) is 14.3 Å². The van der Waals surface area contributed by atoms with Crippen LogP contribution in [0.25, 0.3) is 0 Å². The molecule has 17 heavy (non-hydrogen) atoms. The molecule has 1 heterocycles. The number of hydrogen-bond donors (Lipinski definition) is 3. The van der Waals surface area contributed by atoms with Gasteiger partial charge in [-0.15, -0.1) is 11.8 Å². The Hall–Kier alpha value is -0.630. The quantitative estimate of drug-likeness (QED) is 0.325. The first kappa shape index (κ1) is 14.4. The zero-order valence-electron chi connectivity index (χ0n) is 9.69. The minimum Gasteiger partial charge on any atom is -0.390 e. The van der Waals surface area contributed by atoms with Gasteiger partial charge in [0.25, 0.3) is 0 Å². The van der Waals surface area contributed by atoms with Gasteiger partial charge in [0.2, 0.25) is 0 Å². The van der Waals surface area contributed by atoms with Crippen LogP contribution >= 0.6 is 11.8 Å². The van der Waals surface area contributed by atoms with E-state index in [2.05, 4.69) is 5.32 Å². The molecule has 0 spiro atoms. The number of carbonyl (C=O) groups is 2. The van der Waals surface area contributed by atoms with E-state index in [1.165, 1.54) is 11.8 Å². The second-order valence-electron chi connectivity index (χ2n) is 3.84. The van der Waals surface area contributed by atoms with E-state index in [4.69, 9.17) is 16.2 Å². The Bertz CT molecular complexity index is 270. The predicted molar refractivity (Wildman–Crippen MR) is 66.2 cm³/mol. The Morgan fingerprint density at radius 1 is 1.47 bits per heavy atom. The lowest BCUT2D eigenvalue weighted by atomic mass is 10.1. The molecule has 2 atom stereocenters. The van der Waals surface area contributed by atoms with Crippen molar-refractivity contribution in [3.63, 3.8) is 0 Å². The normalized spacial score (nSPS) is 21.2. The van der Waals surface area contributed by atoms with Crippen molar-refractivity contribution in [2.24, 2.45) is 11.5 Å². The third-order valence-electron chi connectivity index (χ3n) is 2.40. The number of ether oxygens (including phenoxy) is 1. The van der Waals surface area contributed by atoms with Crippen molar-refractivity contribution in [1.29, 1.82) is 0 Å². The largest absolute Gasteiger partial charge is 0.390 e. The fourth-order valence-corrected chi connectivity index (χ4v) is 2.32. The van der Waals surface area contributed by atoms with E-state index < -0.39 is 23.4 Å². The van der Waals surface area contributed by atoms with Crippen LogP contribution in [0.15, 0.2) is 0 Å². The topological polar surface area (TPSA) is 107 Å². The number of thioether (sulfide) groups is 1. The van der Waals surface area contributed by atoms with Crippen molar-refractivity contribution in [2.75, 3.05) is 18.8 Å². The molecule has 0 aromatic carbocycles. The third-order valence-corrected chi connectivity index (χ3v) is 3.54. The second kappa shape index (κ2) is 7.65. The van der Waals surface area contributed by atoms with Crippen LogP contribution < -0.4 is 16.8 Å². The first-order chi connectivity index (χ1) is 8.15. The number of hydrogen-bond acceptors (Lipinski definition) is 7. The molecule has 7 heteroatoms.